The summed E-state index contributed by atoms with van der Waals surface area (Å²) in [7, 11) is 0. The summed E-state index contributed by atoms with van der Waals surface area (Å²) in [6.45, 7) is 0.938. The second-order valence-corrected chi connectivity index (χ2v) is 4.28. The third-order valence-corrected chi connectivity index (χ3v) is 2.84. The van der Waals surface area contributed by atoms with Gasteiger partial charge >= 0.3 is 5.97 Å². The predicted molar refractivity (Wildman–Crippen MR) is 71.1 cm³/mol. The number of aromatic carboxylic acids is 1. The van der Waals surface area contributed by atoms with Crippen molar-refractivity contribution >= 4 is 17.6 Å². The maximum atomic E-state index is 11.9. The summed E-state index contributed by atoms with van der Waals surface area (Å²) in [5.41, 5.74) is 0.498. The lowest BCUT2D eigenvalue weighted by atomic mass is 10.2. The summed E-state index contributed by atoms with van der Waals surface area (Å²) >= 11 is 0. The normalized spacial score (nSPS) is 12.8. The fraction of sp³-hybridized carbons (Fsp3) is 0.143. The van der Waals surface area contributed by atoms with Crippen LogP contribution in [0, 0.1) is 0 Å². The molecule has 0 saturated carbocycles. The topological polar surface area (TPSA) is 98.0 Å². The van der Waals surface area contributed by atoms with Gasteiger partial charge in [-0.3, -0.25) is 4.79 Å². The van der Waals surface area contributed by atoms with Gasteiger partial charge in [-0.15, -0.1) is 0 Å². The van der Waals surface area contributed by atoms with Crippen molar-refractivity contribution in [1.29, 1.82) is 0 Å². The lowest BCUT2D eigenvalue weighted by Crippen LogP contribution is -2.16. The first kappa shape index (κ1) is 13.0. The molecule has 1 aromatic carbocycles. The number of furan rings is 1. The van der Waals surface area contributed by atoms with Gasteiger partial charge in [0.1, 0.15) is 13.2 Å². The third-order valence-electron chi connectivity index (χ3n) is 2.84. The summed E-state index contributed by atoms with van der Waals surface area (Å²) in [5.74, 6) is -0.979. The summed E-state index contributed by atoms with van der Waals surface area (Å²) in [5, 5.41) is 11.3. The molecule has 1 aliphatic heterocycles. The quantitative estimate of drug-likeness (QED) is 0.896. The van der Waals surface area contributed by atoms with Gasteiger partial charge in [0.25, 0.3) is 5.91 Å². The van der Waals surface area contributed by atoms with Gasteiger partial charge in [-0.2, -0.15) is 0 Å². The molecule has 0 spiro atoms. The van der Waals surface area contributed by atoms with Crippen LogP contribution in [-0.4, -0.2) is 30.2 Å². The van der Waals surface area contributed by atoms with Gasteiger partial charge in [0.05, 0.1) is 0 Å². The lowest BCUT2D eigenvalue weighted by Gasteiger charge is -2.18. The highest BCUT2D eigenvalue weighted by atomic mass is 16.6. The van der Waals surface area contributed by atoms with E-state index >= 15 is 0 Å². The van der Waals surface area contributed by atoms with Gasteiger partial charge < -0.3 is 24.3 Å². The van der Waals surface area contributed by atoms with Crippen LogP contribution in [0.1, 0.15) is 21.1 Å². The maximum Gasteiger partial charge on any atom is 0.371 e. The van der Waals surface area contributed by atoms with E-state index in [0.717, 1.165) is 0 Å². The summed E-state index contributed by atoms with van der Waals surface area (Å²) < 4.78 is 15.7. The lowest BCUT2D eigenvalue weighted by molar-refractivity contribution is 0.0660. The number of rotatable bonds is 3. The Labute approximate surface area is 119 Å². The molecule has 0 fully saturated rings. The molecular formula is C14H11NO6. The molecule has 0 unspecified atom stereocenters. The number of anilines is 1. The molecular weight excluding hydrogens is 278 g/mol. The summed E-state index contributed by atoms with van der Waals surface area (Å²) in [6, 6.07) is 7.51. The Morgan fingerprint density at radius 2 is 1.71 bits per heavy atom. The zero-order valence-electron chi connectivity index (χ0n) is 10.8. The van der Waals surface area contributed by atoms with Gasteiger partial charge in [0, 0.05) is 11.8 Å². The van der Waals surface area contributed by atoms with Crippen LogP contribution in [0.5, 0.6) is 11.5 Å². The first-order chi connectivity index (χ1) is 10.1. The number of ether oxygens (including phenoxy) is 2. The molecule has 0 saturated heterocycles. The van der Waals surface area contributed by atoms with E-state index in [1.165, 1.54) is 12.1 Å². The number of carbonyl (C=O) groups is 2. The van der Waals surface area contributed by atoms with Crippen LogP contribution in [0.25, 0.3) is 0 Å². The predicted octanol–water partition coefficient (Wildman–Crippen LogP) is 2.00. The average Bonchev–Trinajstić information content (AvgIpc) is 2.97. The number of carboxylic acid groups (broad SMARTS) is 1. The zero-order chi connectivity index (χ0) is 14.8. The molecule has 108 valence electrons. The van der Waals surface area contributed by atoms with Crippen LogP contribution in [0.3, 0.4) is 0 Å². The van der Waals surface area contributed by atoms with Crippen molar-refractivity contribution in [3.63, 3.8) is 0 Å². The van der Waals surface area contributed by atoms with E-state index in [1.54, 1.807) is 18.2 Å². The van der Waals surface area contributed by atoms with E-state index in [2.05, 4.69) is 5.32 Å². The number of hydrogen-bond donors (Lipinski definition) is 2. The minimum Gasteiger partial charge on any atom is -0.486 e. The Kier molecular flexibility index (Phi) is 3.23. The number of carbonyl (C=O) groups excluding carboxylic acids is 1. The molecule has 0 atom stereocenters. The van der Waals surface area contributed by atoms with Gasteiger partial charge in [-0.05, 0) is 24.3 Å². The monoisotopic (exact) mass is 289 g/mol. The minimum atomic E-state index is -1.23. The van der Waals surface area contributed by atoms with Crippen molar-refractivity contribution < 1.29 is 28.6 Å². The van der Waals surface area contributed by atoms with E-state index in [4.69, 9.17) is 19.0 Å². The molecule has 0 bridgehead atoms. The number of fused-ring (bicyclic) bond motifs is 1. The number of nitrogens with one attached hydrogen (secondary N) is 1. The fourth-order valence-electron chi connectivity index (χ4n) is 1.89. The van der Waals surface area contributed by atoms with Crippen molar-refractivity contribution in [2.75, 3.05) is 18.5 Å². The van der Waals surface area contributed by atoms with Crippen molar-refractivity contribution in [2.45, 2.75) is 0 Å². The smallest absolute Gasteiger partial charge is 0.371 e. The average molecular weight is 289 g/mol. The minimum absolute atomic E-state index is 0.0812. The molecule has 2 heterocycles. The van der Waals surface area contributed by atoms with Crippen molar-refractivity contribution in [3.8, 4) is 11.5 Å². The van der Waals surface area contributed by atoms with Crippen LogP contribution in [-0.2, 0) is 0 Å². The van der Waals surface area contributed by atoms with Crippen molar-refractivity contribution in [2.24, 2.45) is 0 Å². The first-order valence-corrected chi connectivity index (χ1v) is 6.17. The second-order valence-electron chi connectivity index (χ2n) is 4.28. The molecule has 0 aliphatic carbocycles. The number of carboxylic acids is 1. The van der Waals surface area contributed by atoms with Crippen LogP contribution < -0.4 is 14.8 Å². The van der Waals surface area contributed by atoms with E-state index in [-0.39, 0.29) is 11.5 Å². The molecule has 21 heavy (non-hydrogen) atoms. The van der Waals surface area contributed by atoms with Gasteiger partial charge in [0.2, 0.25) is 5.76 Å². The Hall–Kier alpha value is -2.96. The van der Waals surface area contributed by atoms with Crippen LogP contribution in [0.2, 0.25) is 0 Å². The molecule has 1 aromatic heterocycles. The molecule has 1 aliphatic rings. The second kappa shape index (κ2) is 5.20. The molecule has 7 heteroatoms. The fourth-order valence-corrected chi connectivity index (χ4v) is 1.89. The highest BCUT2D eigenvalue weighted by molar-refractivity contribution is 6.03. The largest absolute Gasteiger partial charge is 0.486 e. The Morgan fingerprint density at radius 1 is 1.00 bits per heavy atom. The Morgan fingerprint density at radius 3 is 2.43 bits per heavy atom. The van der Waals surface area contributed by atoms with Crippen molar-refractivity contribution in [1.82, 2.24) is 0 Å². The number of hydrogen-bond acceptors (Lipinski definition) is 5. The van der Waals surface area contributed by atoms with Crippen LogP contribution >= 0.6 is 0 Å². The Bertz CT molecular complexity index is 705. The van der Waals surface area contributed by atoms with Gasteiger partial charge in [-0.1, -0.05) is 0 Å². The number of amides is 1. The maximum absolute atomic E-state index is 11.9. The first-order valence-electron chi connectivity index (χ1n) is 6.17. The number of benzene rings is 1. The third kappa shape index (κ3) is 2.66. The highest BCUT2D eigenvalue weighted by Crippen LogP contribution is 2.32. The van der Waals surface area contributed by atoms with E-state index in [1.807, 2.05) is 0 Å². The van der Waals surface area contributed by atoms with Crippen molar-refractivity contribution in [3.05, 3.63) is 41.9 Å². The Balaban J connectivity index is 1.76. The molecule has 2 aromatic rings. The van der Waals surface area contributed by atoms with E-state index < -0.39 is 11.9 Å². The molecule has 7 nitrogen and oxygen atoms in total. The zero-order valence-corrected chi connectivity index (χ0v) is 10.8. The van der Waals surface area contributed by atoms with Crippen LogP contribution in [0.4, 0.5) is 5.69 Å². The van der Waals surface area contributed by atoms with E-state index in [9.17, 15) is 9.59 Å². The van der Waals surface area contributed by atoms with Gasteiger partial charge in [0.15, 0.2) is 17.3 Å². The molecule has 1 amide bonds. The standard InChI is InChI=1S/C14H11NO6/c16-13(10-3-4-11(21-10)14(17)18)15-8-1-2-9-12(7-8)20-6-5-19-9/h1-4,7H,5-6H2,(H,15,16)(H,17,18). The molecule has 2 N–H and O–H groups in total. The van der Waals surface area contributed by atoms with Gasteiger partial charge in [-0.25, -0.2) is 4.79 Å². The summed E-state index contributed by atoms with van der Waals surface area (Å²) in [4.78, 5) is 22.6. The summed E-state index contributed by atoms with van der Waals surface area (Å²) in [6.07, 6.45) is 0. The highest BCUT2D eigenvalue weighted by Gasteiger charge is 2.17. The van der Waals surface area contributed by atoms with Crippen LogP contribution in [0.15, 0.2) is 34.7 Å². The van der Waals surface area contributed by atoms with E-state index in [0.29, 0.717) is 30.4 Å². The SMILES string of the molecule is O=C(O)c1ccc(C(=O)Nc2ccc3c(c2)OCCO3)o1. The molecule has 3 rings (SSSR count). The molecule has 0 radical (unpaired) electrons.